The van der Waals surface area contributed by atoms with Crippen LogP contribution in [0.3, 0.4) is 0 Å². The zero-order valence-corrected chi connectivity index (χ0v) is 10.8. The summed E-state index contributed by atoms with van der Waals surface area (Å²) >= 11 is 6.51. The van der Waals surface area contributed by atoms with Gasteiger partial charge in [-0.1, -0.05) is 22.9 Å². The summed E-state index contributed by atoms with van der Waals surface area (Å²) in [5.74, 6) is -0.00752. The molecular formula is C10H7ClF3N3OS. The molecule has 0 radical (unpaired) electrons. The fourth-order valence-corrected chi connectivity index (χ4v) is 2.13. The first-order valence-corrected chi connectivity index (χ1v) is 6.26. The summed E-state index contributed by atoms with van der Waals surface area (Å²) in [6.07, 6.45) is -4.49. The molecule has 0 fully saturated rings. The Morgan fingerprint density at radius 1 is 1.42 bits per heavy atom. The Labute approximate surface area is 114 Å². The van der Waals surface area contributed by atoms with E-state index >= 15 is 0 Å². The van der Waals surface area contributed by atoms with Crippen molar-refractivity contribution in [1.82, 2.24) is 9.97 Å². The molecule has 2 heterocycles. The van der Waals surface area contributed by atoms with Gasteiger partial charge in [0.15, 0.2) is 0 Å². The van der Waals surface area contributed by atoms with Gasteiger partial charge in [0, 0.05) is 11.1 Å². The Balaban J connectivity index is 2.16. The molecule has 0 saturated carbocycles. The number of hydrogen-bond donors (Lipinski definition) is 2. The molecular weight excluding hydrogens is 303 g/mol. The lowest BCUT2D eigenvalue weighted by atomic mass is 10.2. The highest BCUT2D eigenvalue weighted by Gasteiger charge is 2.31. The van der Waals surface area contributed by atoms with Crippen LogP contribution in [0.15, 0.2) is 22.3 Å². The third-order valence-electron chi connectivity index (χ3n) is 2.15. The van der Waals surface area contributed by atoms with E-state index in [9.17, 15) is 18.0 Å². The predicted molar refractivity (Wildman–Crippen MR) is 66.5 cm³/mol. The van der Waals surface area contributed by atoms with Gasteiger partial charge in [-0.3, -0.25) is 4.79 Å². The molecule has 2 aromatic rings. The summed E-state index contributed by atoms with van der Waals surface area (Å²) < 4.78 is 37.7. The molecule has 0 spiro atoms. The van der Waals surface area contributed by atoms with Gasteiger partial charge < -0.3 is 10.3 Å². The molecule has 0 saturated heterocycles. The number of thiazole rings is 1. The molecule has 0 amide bonds. The Bertz CT molecular complexity index is 637. The summed E-state index contributed by atoms with van der Waals surface area (Å²) in [5, 5.41) is 3.99. The van der Waals surface area contributed by atoms with Crippen molar-refractivity contribution in [3.8, 4) is 0 Å². The lowest BCUT2D eigenvalue weighted by Gasteiger charge is -2.10. The minimum Gasteiger partial charge on any atom is -0.364 e. The Kier molecular flexibility index (Phi) is 3.81. The van der Waals surface area contributed by atoms with Gasteiger partial charge >= 0.3 is 11.0 Å². The highest BCUT2D eigenvalue weighted by Crippen LogP contribution is 2.31. The first-order valence-electron chi connectivity index (χ1n) is 5.00. The second-order valence-corrected chi connectivity index (χ2v) is 4.82. The lowest BCUT2D eigenvalue weighted by Crippen LogP contribution is -2.09. The van der Waals surface area contributed by atoms with E-state index in [4.69, 9.17) is 11.6 Å². The molecule has 2 rings (SSSR count). The van der Waals surface area contributed by atoms with E-state index in [1.807, 2.05) is 0 Å². The highest BCUT2D eigenvalue weighted by atomic mass is 35.5. The maximum atomic E-state index is 12.6. The van der Waals surface area contributed by atoms with Crippen molar-refractivity contribution in [2.75, 3.05) is 5.32 Å². The normalized spacial score (nSPS) is 11.6. The van der Waals surface area contributed by atoms with E-state index in [1.54, 1.807) is 5.38 Å². The largest absolute Gasteiger partial charge is 0.416 e. The zero-order valence-electron chi connectivity index (χ0n) is 9.21. The predicted octanol–water partition coefficient (Wildman–Crippen LogP) is 3.12. The van der Waals surface area contributed by atoms with Gasteiger partial charge in [-0.05, 0) is 12.1 Å². The molecule has 19 heavy (non-hydrogen) atoms. The fraction of sp³-hybridized carbons (Fsp3) is 0.200. The molecule has 0 aromatic carbocycles. The first kappa shape index (κ1) is 13.9. The van der Waals surface area contributed by atoms with Gasteiger partial charge in [0.2, 0.25) is 0 Å². The summed E-state index contributed by atoms with van der Waals surface area (Å²) in [7, 11) is 0. The van der Waals surface area contributed by atoms with Crippen molar-refractivity contribution in [3.05, 3.63) is 43.6 Å². The molecule has 0 aliphatic heterocycles. The number of nitrogens with one attached hydrogen (secondary N) is 2. The number of pyridine rings is 1. The lowest BCUT2D eigenvalue weighted by molar-refractivity contribution is -0.137. The number of anilines is 1. The molecule has 9 heteroatoms. The van der Waals surface area contributed by atoms with Crippen LogP contribution in [-0.4, -0.2) is 9.97 Å². The van der Waals surface area contributed by atoms with Crippen LogP contribution in [0, 0.1) is 0 Å². The van der Waals surface area contributed by atoms with E-state index in [-0.39, 0.29) is 22.4 Å². The first-order chi connectivity index (χ1) is 8.84. The number of aromatic amines is 1. The Morgan fingerprint density at radius 3 is 2.74 bits per heavy atom. The average Bonchev–Trinajstić information content (AvgIpc) is 2.71. The highest BCUT2D eigenvalue weighted by molar-refractivity contribution is 7.07. The molecule has 0 atom stereocenters. The summed E-state index contributed by atoms with van der Waals surface area (Å²) in [5.41, 5.74) is -0.320. The minimum absolute atomic E-state index is 0.00752. The molecule has 4 nitrogen and oxygen atoms in total. The number of rotatable bonds is 3. The second kappa shape index (κ2) is 5.22. The summed E-state index contributed by atoms with van der Waals surface area (Å²) in [6.45, 7) is 0.156. The average molecular weight is 310 g/mol. The van der Waals surface area contributed by atoms with Crippen LogP contribution in [0.5, 0.6) is 0 Å². The second-order valence-electron chi connectivity index (χ2n) is 3.59. The molecule has 0 unspecified atom stereocenters. The fourth-order valence-electron chi connectivity index (χ4n) is 1.34. The van der Waals surface area contributed by atoms with Crippen LogP contribution in [0.1, 0.15) is 11.3 Å². The monoisotopic (exact) mass is 309 g/mol. The van der Waals surface area contributed by atoms with Crippen molar-refractivity contribution in [3.63, 3.8) is 0 Å². The van der Waals surface area contributed by atoms with Crippen molar-refractivity contribution in [2.45, 2.75) is 12.7 Å². The maximum Gasteiger partial charge on any atom is 0.416 e. The van der Waals surface area contributed by atoms with Gasteiger partial charge in [-0.25, -0.2) is 4.98 Å². The quantitative estimate of drug-likeness (QED) is 0.857. The number of nitrogens with zero attached hydrogens (tertiary/aromatic N) is 1. The van der Waals surface area contributed by atoms with Crippen LogP contribution in [0.2, 0.25) is 5.15 Å². The molecule has 0 aliphatic rings. The standard InChI is InChI=1S/C10H7ClF3N3OS/c11-7-1-5(10(12,13)14)2-8(17-7)15-3-6-4-19-9(18)16-6/h1-2,4H,3H2,(H,15,17)(H,16,18). The van der Waals surface area contributed by atoms with Gasteiger partial charge in [0.25, 0.3) is 0 Å². The van der Waals surface area contributed by atoms with Crippen LogP contribution in [0.25, 0.3) is 0 Å². The number of alkyl halides is 3. The summed E-state index contributed by atoms with van der Waals surface area (Å²) in [6, 6.07) is 1.61. The third kappa shape index (κ3) is 3.71. The summed E-state index contributed by atoms with van der Waals surface area (Å²) in [4.78, 5) is 16.9. The number of halogens is 4. The van der Waals surface area contributed by atoms with Crippen LogP contribution < -0.4 is 10.2 Å². The van der Waals surface area contributed by atoms with Crippen molar-refractivity contribution in [2.24, 2.45) is 0 Å². The van der Waals surface area contributed by atoms with Crippen molar-refractivity contribution >= 4 is 28.8 Å². The van der Waals surface area contributed by atoms with Crippen LogP contribution in [-0.2, 0) is 12.7 Å². The SMILES string of the molecule is O=c1[nH]c(CNc2cc(C(F)(F)F)cc(Cl)n2)cs1. The molecule has 0 bridgehead atoms. The van der Waals surface area contributed by atoms with E-state index in [0.29, 0.717) is 5.69 Å². The van der Waals surface area contributed by atoms with E-state index in [1.165, 1.54) is 0 Å². The number of hydrogen-bond acceptors (Lipinski definition) is 4. The zero-order chi connectivity index (χ0) is 14.0. The topological polar surface area (TPSA) is 57.8 Å². The number of aromatic nitrogens is 2. The van der Waals surface area contributed by atoms with E-state index < -0.39 is 11.7 Å². The number of H-pyrrole nitrogens is 1. The van der Waals surface area contributed by atoms with Crippen LogP contribution in [0.4, 0.5) is 19.0 Å². The Morgan fingerprint density at radius 2 is 2.16 bits per heavy atom. The molecule has 2 N–H and O–H groups in total. The minimum atomic E-state index is -4.49. The molecule has 0 aliphatic carbocycles. The Hall–Kier alpha value is -1.54. The smallest absolute Gasteiger partial charge is 0.364 e. The van der Waals surface area contributed by atoms with Crippen LogP contribution >= 0.6 is 22.9 Å². The molecule has 102 valence electrons. The van der Waals surface area contributed by atoms with Gasteiger partial charge in [0.1, 0.15) is 11.0 Å². The van der Waals surface area contributed by atoms with Gasteiger partial charge in [0.05, 0.1) is 12.1 Å². The molecule has 2 aromatic heterocycles. The van der Waals surface area contributed by atoms with Crippen molar-refractivity contribution < 1.29 is 13.2 Å². The van der Waals surface area contributed by atoms with E-state index in [2.05, 4.69) is 15.3 Å². The third-order valence-corrected chi connectivity index (χ3v) is 3.06. The van der Waals surface area contributed by atoms with E-state index in [0.717, 1.165) is 23.5 Å². The van der Waals surface area contributed by atoms with Gasteiger partial charge in [-0.15, -0.1) is 0 Å². The van der Waals surface area contributed by atoms with Crippen molar-refractivity contribution in [1.29, 1.82) is 0 Å². The maximum absolute atomic E-state index is 12.6. The van der Waals surface area contributed by atoms with Gasteiger partial charge in [-0.2, -0.15) is 13.2 Å².